The van der Waals surface area contributed by atoms with E-state index in [2.05, 4.69) is 34.3 Å². The van der Waals surface area contributed by atoms with Crippen molar-refractivity contribution in [3.63, 3.8) is 0 Å². The minimum atomic E-state index is 0.0536. The van der Waals surface area contributed by atoms with Crippen LogP contribution in [-0.2, 0) is 6.54 Å². The molecule has 6 heteroatoms. The lowest BCUT2D eigenvalue weighted by Crippen LogP contribution is -2.42. The smallest absolute Gasteiger partial charge is 0.189 e. The van der Waals surface area contributed by atoms with Crippen molar-refractivity contribution in [2.24, 2.45) is 16.3 Å². The van der Waals surface area contributed by atoms with E-state index in [1.807, 2.05) is 12.1 Å². The molecule has 1 saturated heterocycles. The zero-order chi connectivity index (χ0) is 15.3. The number of nitrogens with two attached hydrogens (primary N) is 1. The van der Waals surface area contributed by atoms with Crippen molar-refractivity contribution in [2.75, 3.05) is 26.7 Å². The Bertz CT molecular complexity index is 495. The van der Waals surface area contributed by atoms with Gasteiger partial charge in [0.05, 0.1) is 0 Å². The third-order valence-corrected chi connectivity index (χ3v) is 4.30. The summed E-state index contributed by atoms with van der Waals surface area (Å²) in [6.45, 7) is 6.28. The van der Waals surface area contributed by atoms with Crippen LogP contribution in [0.4, 0.5) is 0 Å². The van der Waals surface area contributed by atoms with Gasteiger partial charge in [-0.25, -0.2) is 0 Å². The molecule has 0 atom stereocenters. The van der Waals surface area contributed by atoms with Gasteiger partial charge in [-0.3, -0.25) is 4.98 Å². The second kappa shape index (κ2) is 6.87. The third kappa shape index (κ3) is 4.15. The quantitative estimate of drug-likeness (QED) is 0.326. The standard InChI is InChI=1S/C15H25N5O/c1-15(5-8-20(2)9-6-15)11-17-10-12-4-3-7-18-13(12)14(16)19-21/h3-4,7,17,21H,5-6,8-11H2,1-2H3,(H2,16,19). The molecule has 0 aliphatic carbocycles. The van der Waals surface area contributed by atoms with E-state index < -0.39 is 0 Å². The first-order valence-corrected chi connectivity index (χ1v) is 7.35. The van der Waals surface area contributed by atoms with E-state index in [1.54, 1.807) is 6.20 Å². The van der Waals surface area contributed by atoms with Gasteiger partial charge in [-0.15, -0.1) is 0 Å². The van der Waals surface area contributed by atoms with Gasteiger partial charge in [0.25, 0.3) is 0 Å². The number of rotatable bonds is 5. The predicted octanol–water partition coefficient (Wildman–Crippen LogP) is 0.998. The highest BCUT2D eigenvalue weighted by atomic mass is 16.4. The predicted molar refractivity (Wildman–Crippen MR) is 83.3 cm³/mol. The zero-order valence-electron chi connectivity index (χ0n) is 12.8. The van der Waals surface area contributed by atoms with Crippen molar-refractivity contribution in [2.45, 2.75) is 26.3 Å². The fourth-order valence-electron chi connectivity index (χ4n) is 2.69. The normalized spacial score (nSPS) is 19.6. The van der Waals surface area contributed by atoms with E-state index in [9.17, 15) is 0 Å². The molecule has 1 aromatic rings. The largest absolute Gasteiger partial charge is 0.409 e. The van der Waals surface area contributed by atoms with Gasteiger partial charge in [0.1, 0.15) is 5.69 Å². The molecule has 0 spiro atoms. The van der Waals surface area contributed by atoms with Crippen LogP contribution in [0, 0.1) is 5.41 Å². The van der Waals surface area contributed by atoms with Crippen molar-refractivity contribution < 1.29 is 5.21 Å². The van der Waals surface area contributed by atoms with Gasteiger partial charge in [-0.2, -0.15) is 0 Å². The number of piperidine rings is 1. The highest BCUT2D eigenvalue weighted by Gasteiger charge is 2.28. The maximum atomic E-state index is 8.81. The molecule has 0 unspecified atom stereocenters. The zero-order valence-corrected chi connectivity index (χ0v) is 12.8. The van der Waals surface area contributed by atoms with E-state index in [0.717, 1.165) is 25.2 Å². The van der Waals surface area contributed by atoms with Crippen LogP contribution in [-0.4, -0.2) is 47.6 Å². The number of pyridine rings is 1. The Morgan fingerprint density at radius 2 is 2.24 bits per heavy atom. The average molecular weight is 291 g/mol. The van der Waals surface area contributed by atoms with Gasteiger partial charge < -0.3 is 21.2 Å². The summed E-state index contributed by atoms with van der Waals surface area (Å²) in [6.07, 6.45) is 4.06. The van der Waals surface area contributed by atoms with Crippen LogP contribution < -0.4 is 11.1 Å². The second-order valence-electron chi connectivity index (χ2n) is 6.21. The van der Waals surface area contributed by atoms with Crippen LogP contribution in [0.5, 0.6) is 0 Å². The van der Waals surface area contributed by atoms with Gasteiger partial charge in [-0.1, -0.05) is 18.1 Å². The van der Waals surface area contributed by atoms with E-state index in [0.29, 0.717) is 17.7 Å². The third-order valence-electron chi connectivity index (χ3n) is 4.30. The van der Waals surface area contributed by atoms with Crippen LogP contribution in [0.3, 0.4) is 0 Å². The number of aromatic nitrogens is 1. The highest BCUT2D eigenvalue weighted by Crippen LogP contribution is 2.29. The molecule has 6 nitrogen and oxygen atoms in total. The molecule has 2 rings (SSSR count). The number of likely N-dealkylation sites (tertiary alicyclic amines) is 1. The van der Waals surface area contributed by atoms with Crippen molar-refractivity contribution >= 4 is 5.84 Å². The van der Waals surface area contributed by atoms with Crippen LogP contribution in [0.15, 0.2) is 23.5 Å². The maximum Gasteiger partial charge on any atom is 0.189 e. The molecular weight excluding hydrogens is 266 g/mol. The molecule has 2 heterocycles. The Morgan fingerprint density at radius 1 is 1.52 bits per heavy atom. The van der Waals surface area contributed by atoms with Crippen LogP contribution in [0.2, 0.25) is 0 Å². The summed E-state index contributed by atoms with van der Waals surface area (Å²) in [5.74, 6) is 0.0536. The number of nitrogens with one attached hydrogen (secondary N) is 1. The summed E-state index contributed by atoms with van der Waals surface area (Å²) >= 11 is 0. The van der Waals surface area contributed by atoms with Crippen molar-refractivity contribution in [3.05, 3.63) is 29.6 Å². The molecule has 0 amide bonds. The Kier molecular flexibility index (Phi) is 5.14. The van der Waals surface area contributed by atoms with Crippen molar-refractivity contribution in [1.82, 2.24) is 15.2 Å². The summed E-state index contributed by atoms with van der Waals surface area (Å²) in [5, 5.41) is 15.3. The lowest BCUT2D eigenvalue weighted by Gasteiger charge is -2.38. The Morgan fingerprint density at radius 3 is 2.90 bits per heavy atom. The van der Waals surface area contributed by atoms with Gasteiger partial charge in [-0.05, 0) is 50.0 Å². The number of nitrogens with zero attached hydrogens (tertiary/aromatic N) is 3. The van der Waals surface area contributed by atoms with Crippen molar-refractivity contribution in [1.29, 1.82) is 0 Å². The van der Waals surface area contributed by atoms with E-state index in [-0.39, 0.29) is 5.84 Å². The molecule has 4 N–H and O–H groups in total. The number of hydrogen-bond donors (Lipinski definition) is 3. The van der Waals surface area contributed by atoms with Gasteiger partial charge in [0.15, 0.2) is 5.84 Å². The second-order valence-corrected chi connectivity index (χ2v) is 6.21. The summed E-state index contributed by atoms with van der Waals surface area (Å²) in [6, 6.07) is 3.81. The first-order valence-electron chi connectivity index (χ1n) is 7.35. The minimum Gasteiger partial charge on any atom is -0.409 e. The number of amidine groups is 1. The van der Waals surface area contributed by atoms with Gasteiger partial charge in [0, 0.05) is 19.3 Å². The van der Waals surface area contributed by atoms with Gasteiger partial charge >= 0.3 is 0 Å². The molecule has 1 fully saturated rings. The Balaban J connectivity index is 1.92. The van der Waals surface area contributed by atoms with Gasteiger partial charge in [0.2, 0.25) is 0 Å². The fourth-order valence-corrected chi connectivity index (χ4v) is 2.69. The molecule has 0 radical (unpaired) electrons. The molecule has 0 aromatic carbocycles. The minimum absolute atomic E-state index is 0.0536. The first kappa shape index (κ1) is 15.7. The molecule has 0 bridgehead atoms. The van der Waals surface area contributed by atoms with Crippen LogP contribution in [0.25, 0.3) is 0 Å². The van der Waals surface area contributed by atoms with E-state index in [4.69, 9.17) is 10.9 Å². The molecule has 0 saturated carbocycles. The topological polar surface area (TPSA) is 86.8 Å². The molecule has 1 aromatic heterocycles. The molecular formula is C15H25N5O. The molecule has 21 heavy (non-hydrogen) atoms. The maximum absolute atomic E-state index is 8.81. The molecule has 116 valence electrons. The molecule has 1 aliphatic heterocycles. The Hall–Kier alpha value is -1.66. The van der Waals surface area contributed by atoms with E-state index >= 15 is 0 Å². The van der Waals surface area contributed by atoms with Crippen molar-refractivity contribution in [3.8, 4) is 0 Å². The summed E-state index contributed by atoms with van der Waals surface area (Å²) in [5.41, 5.74) is 7.48. The lowest BCUT2D eigenvalue weighted by atomic mass is 9.80. The number of hydrogen-bond acceptors (Lipinski definition) is 5. The summed E-state index contributed by atoms with van der Waals surface area (Å²) in [4.78, 5) is 6.55. The first-order chi connectivity index (χ1) is 10.0. The number of oxime groups is 1. The average Bonchev–Trinajstić information content (AvgIpc) is 2.50. The fraction of sp³-hybridized carbons (Fsp3) is 0.600. The summed E-state index contributed by atoms with van der Waals surface area (Å²) < 4.78 is 0. The monoisotopic (exact) mass is 291 g/mol. The van der Waals surface area contributed by atoms with Crippen LogP contribution in [0.1, 0.15) is 31.0 Å². The lowest BCUT2D eigenvalue weighted by molar-refractivity contribution is 0.137. The molecule has 1 aliphatic rings. The highest BCUT2D eigenvalue weighted by molar-refractivity contribution is 5.96. The SMILES string of the molecule is CN1CCC(C)(CNCc2cccnc2/C(N)=N/O)CC1. The Labute approximate surface area is 126 Å². The summed E-state index contributed by atoms with van der Waals surface area (Å²) in [7, 11) is 2.17. The van der Waals surface area contributed by atoms with Crippen LogP contribution >= 0.6 is 0 Å². The van der Waals surface area contributed by atoms with E-state index in [1.165, 1.54) is 12.8 Å².